The van der Waals surface area contributed by atoms with E-state index in [1.165, 1.54) is 24.3 Å². The summed E-state index contributed by atoms with van der Waals surface area (Å²) >= 11 is 0. The highest BCUT2D eigenvalue weighted by Crippen LogP contribution is 2.26. The fourth-order valence-corrected chi connectivity index (χ4v) is 2.71. The van der Waals surface area contributed by atoms with E-state index in [0.29, 0.717) is 5.69 Å². The van der Waals surface area contributed by atoms with E-state index in [9.17, 15) is 14.9 Å². The van der Waals surface area contributed by atoms with Crippen molar-refractivity contribution in [3.05, 3.63) is 76.3 Å². The number of carbonyl (C=O) groups excluding carboxylic acids is 1. The van der Waals surface area contributed by atoms with Crippen LogP contribution >= 0.6 is 0 Å². The molecule has 0 fully saturated rings. The van der Waals surface area contributed by atoms with E-state index in [4.69, 9.17) is 4.74 Å². The highest BCUT2D eigenvalue weighted by Gasteiger charge is 2.16. The monoisotopic (exact) mass is 350 g/mol. The third-order valence-electron chi connectivity index (χ3n) is 4.31. The molecule has 3 rings (SSSR count). The van der Waals surface area contributed by atoms with Crippen LogP contribution in [0.1, 0.15) is 18.4 Å². The number of anilines is 1. The second-order valence-electron chi connectivity index (χ2n) is 5.99. The van der Waals surface area contributed by atoms with Gasteiger partial charge in [0.25, 0.3) is 5.69 Å². The van der Waals surface area contributed by atoms with Gasteiger partial charge in [-0.3, -0.25) is 14.9 Å². The number of methoxy groups -OCH3 is 1. The minimum absolute atomic E-state index is 0.0130. The number of amides is 1. The lowest BCUT2D eigenvalue weighted by Gasteiger charge is -2.13. The van der Waals surface area contributed by atoms with Gasteiger partial charge in [-0.25, -0.2) is 0 Å². The van der Waals surface area contributed by atoms with Gasteiger partial charge in [0.2, 0.25) is 5.91 Å². The maximum absolute atomic E-state index is 12.5. The molecule has 0 saturated heterocycles. The van der Waals surface area contributed by atoms with Gasteiger partial charge >= 0.3 is 0 Å². The Morgan fingerprint density at radius 2 is 1.69 bits per heavy atom. The largest absolute Gasteiger partial charge is 0.497 e. The number of nitrogens with one attached hydrogen (secondary N) is 1. The molecule has 0 aliphatic heterocycles. The zero-order valence-electron chi connectivity index (χ0n) is 14.4. The van der Waals surface area contributed by atoms with Crippen molar-refractivity contribution in [1.82, 2.24) is 0 Å². The molecule has 26 heavy (non-hydrogen) atoms. The number of nitrogens with zero attached hydrogens (tertiary/aromatic N) is 1. The SMILES string of the molecule is COc1ccc2cc([C@H](C)C(=O)Nc3ccc([N+](=O)[O-])cc3)ccc2c1. The molecule has 1 N–H and O–H groups in total. The molecule has 0 saturated carbocycles. The summed E-state index contributed by atoms with van der Waals surface area (Å²) in [5.74, 6) is 0.248. The van der Waals surface area contributed by atoms with Crippen molar-refractivity contribution in [2.45, 2.75) is 12.8 Å². The quantitative estimate of drug-likeness (QED) is 0.542. The summed E-state index contributed by atoms with van der Waals surface area (Å²) in [7, 11) is 1.63. The number of ether oxygens (including phenoxy) is 1. The molecule has 132 valence electrons. The Hall–Kier alpha value is -3.41. The molecule has 3 aromatic carbocycles. The molecule has 0 aromatic heterocycles. The first-order valence-electron chi connectivity index (χ1n) is 8.11. The van der Waals surface area contributed by atoms with Crippen molar-refractivity contribution in [2.75, 3.05) is 12.4 Å². The van der Waals surface area contributed by atoms with E-state index in [0.717, 1.165) is 22.1 Å². The van der Waals surface area contributed by atoms with Gasteiger partial charge in [-0.05, 0) is 47.5 Å². The lowest BCUT2D eigenvalue weighted by atomic mass is 9.97. The Bertz CT molecular complexity index is 967. The smallest absolute Gasteiger partial charge is 0.269 e. The topological polar surface area (TPSA) is 81.5 Å². The van der Waals surface area contributed by atoms with E-state index in [-0.39, 0.29) is 17.5 Å². The first-order valence-corrected chi connectivity index (χ1v) is 8.11. The number of carbonyl (C=O) groups is 1. The van der Waals surface area contributed by atoms with E-state index in [2.05, 4.69) is 5.32 Å². The van der Waals surface area contributed by atoms with Crippen LogP contribution in [0.5, 0.6) is 5.75 Å². The van der Waals surface area contributed by atoms with Gasteiger partial charge in [-0.2, -0.15) is 0 Å². The van der Waals surface area contributed by atoms with Crippen molar-refractivity contribution >= 4 is 28.1 Å². The first-order chi connectivity index (χ1) is 12.5. The summed E-state index contributed by atoms with van der Waals surface area (Å²) in [6.45, 7) is 1.82. The van der Waals surface area contributed by atoms with E-state index >= 15 is 0 Å². The summed E-state index contributed by atoms with van der Waals surface area (Å²) in [5.41, 5.74) is 1.40. The van der Waals surface area contributed by atoms with Crippen LogP contribution in [0.4, 0.5) is 11.4 Å². The summed E-state index contributed by atoms with van der Waals surface area (Å²) in [6, 6.07) is 17.4. The third kappa shape index (κ3) is 3.64. The maximum Gasteiger partial charge on any atom is 0.269 e. The number of fused-ring (bicyclic) bond motifs is 1. The fourth-order valence-electron chi connectivity index (χ4n) is 2.71. The maximum atomic E-state index is 12.5. The average molecular weight is 350 g/mol. The fraction of sp³-hybridized carbons (Fsp3) is 0.150. The standard InChI is InChI=1S/C20H18N2O4/c1-13(20(23)21-17-6-8-18(9-7-17)22(24)25)14-3-4-16-12-19(26-2)10-5-15(16)11-14/h3-13H,1-2H3,(H,21,23)/t13-/m0/s1. The number of non-ortho nitro benzene ring substituents is 1. The summed E-state index contributed by atoms with van der Waals surface area (Å²) in [5, 5.41) is 15.5. The Morgan fingerprint density at radius 1 is 1.04 bits per heavy atom. The molecule has 0 heterocycles. The van der Waals surface area contributed by atoms with Crippen LogP contribution in [0, 0.1) is 10.1 Å². The molecular weight excluding hydrogens is 332 g/mol. The van der Waals surface area contributed by atoms with Crippen molar-refractivity contribution in [2.24, 2.45) is 0 Å². The second kappa shape index (κ2) is 7.23. The molecule has 0 radical (unpaired) electrons. The van der Waals surface area contributed by atoms with Crippen LogP contribution in [-0.4, -0.2) is 17.9 Å². The molecule has 0 spiro atoms. The van der Waals surface area contributed by atoms with Crippen LogP contribution in [-0.2, 0) is 4.79 Å². The van der Waals surface area contributed by atoms with Crippen LogP contribution in [0.2, 0.25) is 0 Å². The van der Waals surface area contributed by atoms with Crippen molar-refractivity contribution in [1.29, 1.82) is 0 Å². The number of benzene rings is 3. The van der Waals surface area contributed by atoms with Crippen LogP contribution in [0.3, 0.4) is 0 Å². The van der Waals surface area contributed by atoms with Gasteiger partial charge in [-0.15, -0.1) is 0 Å². The number of nitro groups is 1. The molecular formula is C20H18N2O4. The lowest BCUT2D eigenvalue weighted by Crippen LogP contribution is -2.18. The molecule has 0 aliphatic rings. The van der Waals surface area contributed by atoms with Crippen molar-refractivity contribution < 1.29 is 14.5 Å². The van der Waals surface area contributed by atoms with Crippen molar-refractivity contribution in [3.63, 3.8) is 0 Å². The Balaban J connectivity index is 1.77. The van der Waals surface area contributed by atoms with Crippen LogP contribution < -0.4 is 10.1 Å². The van der Waals surface area contributed by atoms with Gasteiger partial charge < -0.3 is 10.1 Å². The second-order valence-corrected chi connectivity index (χ2v) is 5.99. The van der Waals surface area contributed by atoms with Crippen molar-refractivity contribution in [3.8, 4) is 5.75 Å². The molecule has 3 aromatic rings. The zero-order valence-corrected chi connectivity index (χ0v) is 14.4. The zero-order chi connectivity index (χ0) is 18.7. The first kappa shape index (κ1) is 17.4. The van der Waals surface area contributed by atoms with Crippen LogP contribution in [0.25, 0.3) is 10.8 Å². The third-order valence-corrected chi connectivity index (χ3v) is 4.31. The van der Waals surface area contributed by atoms with Gasteiger partial charge in [0.15, 0.2) is 0 Å². The van der Waals surface area contributed by atoms with E-state index < -0.39 is 4.92 Å². The number of rotatable bonds is 5. The number of nitro benzene ring substituents is 1. The summed E-state index contributed by atoms with van der Waals surface area (Å²) < 4.78 is 5.22. The average Bonchev–Trinajstić information content (AvgIpc) is 2.66. The van der Waals surface area contributed by atoms with Gasteiger partial charge in [-0.1, -0.05) is 24.3 Å². The highest BCUT2D eigenvalue weighted by molar-refractivity contribution is 5.96. The normalized spacial score (nSPS) is 11.8. The highest BCUT2D eigenvalue weighted by atomic mass is 16.6. The van der Waals surface area contributed by atoms with Gasteiger partial charge in [0.05, 0.1) is 18.0 Å². The minimum atomic E-state index is -0.474. The van der Waals surface area contributed by atoms with Gasteiger partial charge in [0.1, 0.15) is 5.75 Å². The number of hydrogen-bond donors (Lipinski definition) is 1. The molecule has 0 unspecified atom stereocenters. The molecule has 1 atom stereocenters. The Labute approximate surface area is 150 Å². The van der Waals surface area contributed by atoms with Gasteiger partial charge in [0, 0.05) is 17.8 Å². The molecule has 1 amide bonds. The summed E-state index contributed by atoms with van der Waals surface area (Å²) in [4.78, 5) is 22.7. The molecule has 6 heteroatoms. The van der Waals surface area contributed by atoms with E-state index in [1.54, 1.807) is 7.11 Å². The minimum Gasteiger partial charge on any atom is -0.497 e. The molecule has 6 nitrogen and oxygen atoms in total. The number of hydrogen-bond acceptors (Lipinski definition) is 4. The molecule has 0 aliphatic carbocycles. The lowest BCUT2D eigenvalue weighted by molar-refractivity contribution is -0.384. The Morgan fingerprint density at radius 3 is 2.35 bits per heavy atom. The van der Waals surface area contributed by atoms with E-state index in [1.807, 2.05) is 43.3 Å². The predicted molar refractivity (Wildman–Crippen MR) is 101 cm³/mol. The molecule has 0 bridgehead atoms. The van der Waals surface area contributed by atoms with Crippen LogP contribution in [0.15, 0.2) is 60.7 Å². The predicted octanol–water partition coefficient (Wildman–Crippen LogP) is 4.50. The summed E-state index contributed by atoms with van der Waals surface area (Å²) in [6.07, 6.45) is 0. The Kier molecular flexibility index (Phi) is 4.84.